The molecule has 0 amide bonds. The zero-order chi connectivity index (χ0) is 6.69. The summed E-state index contributed by atoms with van der Waals surface area (Å²) in [5, 5.41) is 9.16. The molecule has 0 aliphatic carbocycles. The fourth-order valence-corrected chi connectivity index (χ4v) is 1.01. The normalized spacial score (nSPS) is 30.1. The zero-order valence-corrected chi connectivity index (χ0v) is 5.42. The quantitative estimate of drug-likeness (QED) is 0.551. The maximum Gasteiger partial charge on any atom is 0.0769 e. The first kappa shape index (κ1) is 6.78. The highest BCUT2D eigenvalue weighted by molar-refractivity contribution is 4.85. The molecule has 0 aromatic rings. The van der Waals surface area contributed by atoms with Gasteiger partial charge in [0.1, 0.15) is 0 Å². The summed E-state index contributed by atoms with van der Waals surface area (Å²) in [6, 6.07) is 0. The van der Waals surface area contributed by atoms with Crippen molar-refractivity contribution in [3.63, 3.8) is 0 Å². The Hall–Kier alpha value is -0.340. The van der Waals surface area contributed by atoms with E-state index in [1.807, 2.05) is 0 Å². The van der Waals surface area contributed by atoms with Crippen LogP contribution >= 0.6 is 0 Å². The Balaban J connectivity index is 2.32. The maximum absolute atomic E-state index is 9.16. The zero-order valence-electron chi connectivity index (χ0n) is 5.42. The van der Waals surface area contributed by atoms with Crippen LogP contribution in [-0.4, -0.2) is 24.4 Å². The van der Waals surface area contributed by atoms with E-state index in [0.717, 1.165) is 13.0 Å². The molecule has 9 heavy (non-hydrogen) atoms. The molecule has 52 valence electrons. The lowest BCUT2D eigenvalue weighted by atomic mass is 10.0. The second-order valence-electron chi connectivity index (χ2n) is 2.35. The van der Waals surface area contributed by atoms with E-state index in [2.05, 4.69) is 6.58 Å². The average molecular weight is 128 g/mol. The van der Waals surface area contributed by atoms with Gasteiger partial charge in [0.25, 0.3) is 0 Å². The van der Waals surface area contributed by atoms with Crippen molar-refractivity contribution in [3.8, 4) is 0 Å². The molecule has 0 aromatic carbocycles. The minimum absolute atomic E-state index is 0.294. The van der Waals surface area contributed by atoms with Gasteiger partial charge < -0.3 is 9.84 Å². The third-order valence-electron chi connectivity index (χ3n) is 1.69. The lowest BCUT2D eigenvalue weighted by molar-refractivity contribution is 0.124. The first-order chi connectivity index (χ1) is 4.34. The Labute approximate surface area is 55.1 Å². The van der Waals surface area contributed by atoms with Crippen LogP contribution in [0.5, 0.6) is 0 Å². The predicted octanol–water partition coefficient (Wildman–Crippen LogP) is 0.570. The molecule has 1 saturated heterocycles. The van der Waals surface area contributed by atoms with Gasteiger partial charge in [-0.25, -0.2) is 0 Å². The number of ether oxygens (including phenoxy) is 1. The van der Waals surface area contributed by atoms with Gasteiger partial charge in [-0.05, 0) is 6.42 Å². The van der Waals surface area contributed by atoms with E-state index < -0.39 is 0 Å². The van der Waals surface area contributed by atoms with Crippen molar-refractivity contribution in [1.82, 2.24) is 0 Å². The van der Waals surface area contributed by atoms with Gasteiger partial charge in [0, 0.05) is 12.5 Å². The Morgan fingerprint density at radius 2 is 2.56 bits per heavy atom. The van der Waals surface area contributed by atoms with Crippen LogP contribution in [0.1, 0.15) is 6.42 Å². The van der Waals surface area contributed by atoms with Gasteiger partial charge in [0.05, 0.1) is 12.7 Å². The highest BCUT2D eigenvalue weighted by Gasteiger charge is 2.20. The number of aliphatic hydroxyl groups excluding tert-OH is 1. The highest BCUT2D eigenvalue weighted by atomic mass is 16.5. The lowest BCUT2D eigenvalue weighted by Crippen LogP contribution is -2.17. The predicted molar refractivity (Wildman–Crippen MR) is 35.1 cm³/mol. The van der Waals surface area contributed by atoms with Crippen LogP contribution in [0, 0.1) is 5.92 Å². The molecule has 0 aromatic heterocycles. The first-order valence-electron chi connectivity index (χ1n) is 3.23. The Morgan fingerprint density at radius 1 is 1.78 bits per heavy atom. The molecule has 1 N–H and O–H groups in total. The molecule has 2 heteroatoms. The Bertz CT molecular complexity index is 95.1. The van der Waals surface area contributed by atoms with Gasteiger partial charge in [-0.3, -0.25) is 0 Å². The summed E-state index contributed by atoms with van der Waals surface area (Å²) < 4.78 is 5.07. The van der Waals surface area contributed by atoms with Crippen molar-refractivity contribution in [2.45, 2.75) is 12.5 Å². The van der Waals surface area contributed by atoms with Gasteiger partial charge in [-0.15, -0.1) is 6.58 Å². The van der Waals surface area contributed by atoms with E-state index in [1.165, 1.54) is 0 Å². The van der Waals surface area contributed by atoms with Crippen molar-refractivity contribution in [2.24, 2.45) is 5.92 Å². The van der Waals surface area contributed by atoms with E-state index in [9.17, 15) is 0 Å². The largest absolute Gasteiger partial charge is 0.389 e. The molecule has 1 aliphatic rings. The number of rotatable bonds is 2. The molecular formula is C7H12O2. The number of hydrogen-bond acceptors (Lipinski definition) is 2. The minimum Gasteiger partial charge on any atom is -0.389 e. The highest BCUT2D eigenvalue weighted by Crippen LogP contribution is 2.16. The Kier molecular flexibility index (Phi) is 2.25. The molecule has 2 unspecified atom stereocenters. The van der Waals surface area contributed by atoms with E-state index in [4.69, 9.17) is 9.84 Å². The van der Waals surface area contributed by atoms with Crippen LogP contribution in [0.4, 0.5) is 0 Å². The van der Waals surface area contributed by atoms with Crippen LogP contribution < -0.4 is 0 Å². The van der Waals surface area contributed by atoms with Gasteiger partial charge in [-0.1, -0.05) is 6.08 Å². The van der Waals surface area contributed by atoms with Crippen molar-refractivity contribution in [2.75, 3.05) is 13.2 Å². The molecule has 0 saturated carbocycles. The van der Waals surface area contributed by atoms with Gasteiger partial charge in [0.15, 0.2) is 0 Å². The van der Waals surface area contributed by atoms with E-state index in [0.29, 0.717) is 12.5 Å². The van der Waals surface area contributed by atoms with Crippen LogP contribution in [0.2, 0.25) is 0 Å². The third kappa shape index (κ3) is 1.53. The second-order valence-corrected chi connectivity index (χ2v) is 2.35. The van der Waals surface area contributed by atoms with Crippen LogP contribution in [-0.2, 0) is 4.74 Å². The Morgan fingerprint density at radius 3 is 3.00 bits per heavy atom. The van der Waals surface area contributed by atoms with Gasteiger partial charge in [-0.2, -0.15) is 0 Å². The lowest BCUT2D eigenvalue weighted by Gasteiger charge is -2.09. The van der Waals surface area contributed by atoms with Crippen LogP contribution in [0.15, 0.2) is 12.7 Å². The summed E-state index contributed by atoms with van der Waals surface area (Å²) in [6.45, 7) is 4.97. The molecule has 1 fully saturated rings. The second kappa shape index (κ2) is 2.99. The van der Waals surface area contributed by atoms with Crippen molar-refractivity contribution >= 4 is 0 Å². The van der Waals surface area contributed by atoms with E-state index in [-0.39, 0.29) is 6.10 Å². The number of aliphatic hydroxyl groups is 1. The minimum atomic E-state index is -0.368. The first-order valence-corrected chi connectivity index (χ1v) is 3.23. The summed E-state index contributed by atoms with van der Waals surface area (Å²) in [7, 11) is 0. The van der Waals surface area contributed by atoms with Crippen LogP contribution in [0.3, 0.4) is 0 Å². The smallest absolute Gasteiger partial charge is 0.0769 e. The van der Waals surface area contributed by atoms with Crippen molar-refractivity contribution in [1.29, 1.82) is 0 Å². The SMILES string of the molecule is C=CC(O)C1CCOC1. The molecular weight excluding hydrogens is 116 g/mol. The van der Waals surface area contributed by atoms with Crippen molar-refractivity contribution < 1.29 is 9.84 Å². The molecule has 0 spiro atoms. The molecule has 2 nitrogen and oxygen atoms in total. The molecule has 1 rings (SSSR count). The van der Waals surface area contributed by atoms with Gasteiger partial charge >= 0.3 is 0 Å². The maximum atomic E-state index is 9.16. The molecule has 1 heterocycles. The number of hydrogen-bond donors (Lipinski definition) is 1. The van der Waals surface area contributed by atoms with Crippen molar-refractivity contribution in [3.05, 3.63) is 12.7 Å². The topological polar surface area (TPSA) is 29.5 Å². The van der Waals surface area contributed by atoms with E-state index in [1.54, 1.807) is 6.08 Å². The summed E-state index contributed by atoms with van der Waals surface area (Å²) in [6.07, 6.45) is 2.17. The average Bonchev–Trinajstić information content (AvgIpc) is 2.37. The summed E-state index contributed by atoms with van der Waals surface area (Å²) in [4.78, 5) is 0. The van der Waals surface area contributed by atoms with Gasteiger partial charge in [0.2, 0.25) is 0 Å². The molecule has 0 bridgehead atoms. The van der Waals surface area contributed by atoms with Crippen LogP contribution in [0.25, 0.3) is 0 Å². The fraction of sp³-hybridized carbons (Fsp3) is 0.714. The molecule has 0 radical (unpaired) electrons. The standard InChI is InChI=1S/C7H12O2/c1-2-7(8)6-3-4-9-5-6/h2,6-8H,1,3-5H2. The third-order valence-corrected chi connectivity index (χ3v) is 1.69. The molecule has 1 aliphatic heterocycles. The summed E-state index contributed by atoms with van der Waals surface area (Å²) in [5.74, 6) is 0.294. The van der Waals surface area contributed by atoms with E-state index >= 15 is 0 Å². The fourth-order valence-electron chi connectivity index (χ4n) is 1.01. The molecule has 2 atom stereocenters. The summed E-state index contributed by atoms with van der Waals surface area (Å²) in [5.41, 5.74) is 0. The summed E-state index contributed by atoms with van der Waals surface area (Å²) >= 11 is 0. The monoisotopic (exact) mass is 128 g/mol.